The van der Waals surface area contributed by atoms with Gasteiger partial charge in [0.25, 0.3) is 5.91 Å². The number of ether oxygens (including phenoxy) is 1. The van der Waals surface area contributed by atoms with Crippen LogP contribution in [-0.2, 0) is 28.3 Å². The van der Waals surface area contributed by atoms with E-state index in [0.717, 1.165) is 29.7 Å². The Kier molecular flexibility index (Phi) is 6.45. The van der Waals surface area contributed by atoms with Crippen LogP contribution in [0.15, 0.2) is 42.5 Å². The molecule has 1 amide bonds. The number of hydrogen-bond donors (Lipinski definition) is 2. The van der Waals surface area contributed by atoms with Gasteiger partial charge in [-0.05, 0) is 35.4 Å². The fraction of sp³-hybridized carbons (Fsp3) is 0.278. The van der Waals surface area contributed by atoms with E-state index in [1.807, 2.05) is 6.07 Å². The molecular formula is C18H17F3N2O4S. The zero-order chi connectivity index (χ0) is 20.1. The van der Waals surface area contributed by atoms with E-state index in [0.29, 0.717) is 23.3 Å². The molecule has 0 spiro atoms. The summed E-state index contributed by atoms with van der Waals surface area (Å²) in [5.41, 5.74) is 3.02. The highest BCUT2D eigenvalue weighted by atomic mass is 32.2. The molecule has 3 rings (SSSR count). The Labute approximate surface area is 163 Å². The summed E-state index contributed by atoms with van der Waals surface area (Å²) in [6.07, 6.45) is -3.89. The van der Waals surface area contributed by atoms with E-state index in [-0.39, 0.29) is 12.0 Å². The van der Waals surface area contributed by atoms with Crippen LogP contribution in [-0.4, -0.2) is 18.5 Å². The molecular weight excluding hydrogens is 397 g/mol. The van der Waals surface area contributed by atoms with Crippen LogP contribution >= 0.6 is 12.0 Å². The summed E-state index contributed by atoms with van der Waals surface area (Å²) in [6, 6.07) is 9.81. The monoisotopic (exact) mass is 414 g/mol. The van der Waals surface area contributed by atoms with Crippen molar-refractivity contribution in [1.82, 2.24) is 11.0 Å². The topological polar surface area (TPSA) is 68.8 Å². The number of carbonyl (C=O) groups excluding carboxylic acids is 1. The minimum atomic E-state index is -4.39. The van der Waals surface area contributed by atoms with E-state index < -0.39 is 17.6 Å². The fourth-order valence-electron chi connectivity index (χ4n) is 2.58. The predicted octanol–water partition coefficient (Wildman–Crippen LogP) is 3.63. The van der Waals surface area contributed by atoms with Crippen LogP contribution in [0.2, 0.25) is 0 Å². The van der Waals surface area contributed by atoms with Crippen LogP contribution in [0.4, 0.5) is 13.2 Å². The number of halogens is 3. The van der Waals surface area contributed by atoms with Gasteiger partial charge in [0, 0.05) is 13.0 Å². The summed E-state index contributed by atoms with van der Waals surface area (Å²) in [7, 11) is 1.45. The minimum Gasteiger partial charge on any atom is -0.496 e. The van der Waals surface area contributed by atoms with Gasteiger partial charge in [-0.3, -0.25) is 9.63 Å². The first kappa shape index (κ1) is 20.5. The first-order valence-corrected chi connectivity index (χ1v) is 9.01. The lowest BCUT2D eigenvalue weighted by Crippen LogP contribution is -2.23. The van der Waals surface area contributed by atoms with Crippen molar-refractivity contribution in [2.75, 3.05) is 7.11 Å². The lowest BCUT2D eigenvalue weighted by atomic mass is 10.1. The van der Waals surface area contributed by atoms with Crippen molar-refractivity contribution in [1.29, 1.82) is 0 Å². The van der Waals surface area contributed by atoms with Gasteiger partial charge in [0.1, 0.15) is 5.75 Å². The third kappa shape index (κ3) is 5.16. The Hall–Kier alpha value is -2.27. The quantitative estimate of drug-likeness (QED) is 0.704. The van der Waals surface area contributed by atoms with Crippen molar-refractivity contribution < 1.29 is 31.8 Å². The maximum absolute atomic E-state index is 12.6. The van der Waals surface area contributed by atoms with Crippen molar-refractivity contribution in [3.05, 3.63) is 64.7 Å². The number of carbonyl (C=O) groups is 1. The van der Waals surface area contributed by atoms with Gasteiger partial charge in [-0.1, -0.05) is 23.8 Å². The number of hydrogen-bond acceptors (Lipinski definition) is 6. The third-order valence-electron chi connectivity index (χ3n) is 4.01. The molecule has 2 N–H and O–H groups in total. The largest absolute Gasteiger partial charge is 0.496 e. The molecule has 1 fully saturated rings. The molecule has 0 radical (unpaired) electrons. The highest BCUT2D eigenvalue weighted by Gasteiger charge is 2.30. The molecule has 2 aromatic rings. The van der Waals surface area contributed by atoms with Gasteiger partial charge in [-0.15, -0.1) is 0 Å². The lowest BCUT2D eigenvalue weighted by Gasteiger charge is -2.13. The molecule has 1 saturated heterocycles. The standard InChI is InChI=1S/C18H17F3N2O4S/c1-25-15-7-4-12(9-16-26-23-27-28-16)8-14(15)17(24)22-10-11-2-5-13(6-3-11)18(19,20)21/h2-8,16,23H,9-10H2,1H3,(H,22,24). The summed E-state index contributed by atoms with van der Waals surface area (Å²) in [5, 5.41) is 2.70. The average molecular weight is 414 g/mol. The van der Waals surface area contributed by atoms with E-state index in [9.17, 15) is 18.0 Å². The molecule has 2 aromatic carbocycles. The second kappa shape index (κ2) is 8.82. The normalized spacial score (nSPS) is 16.8. The van der Waals surface area contributed by atoms with Gasteiger partial charge in [-0.2, -0.15) is 13.2 Å². The van der Waals surface area contributed by atoms with Crippen LogP contribution < -0.4 is 15.7 Å². The Bertz CT molecular complexity index is 825. The first-order valence-electron chi connectivity index (χ1n) is 8.21. The van der Waals surface area contributed by atoms with Crippen LogP contribution in [0.1, 0.15) is 27.0 Å². The van der Waals surface area contributed by atoms with E-state index in [2.05, 4.69) is 11.0 Å². The predicted molar refractivity (Wildman–Crippen MR) is 96.0 cm³/mol. The van der Waals surface area contributed by atoms with Gasteiger partial charge in [0.15, 0.2) is 5.44 Å². The lowest BCUT2D eigenvalue weighted by molar-refractivity contribution is -0.137. The summed E-state index contributed by atoms with van der Waals surface area (Å²) in [6.45, 7) is 0.0870. The molecule has 0 aromatic heterocycles. The molecule has 1 atom stereocenters. The van der Waals surface area contributed by atoms with E-state index in [4.69, 9.17) is 13.9 Å². The summed E-state index contributed by atoms with van der Waals surface area (Å²) < 4.78 is 47.9. The molecule has 1 heterocycles. The maximum Gasteiger partial charge on any atom is 0.416 e. The molecule has 1 aliphatic heterocycles. The summed E-state index contributed by atoms with van der Waals surface area (Å²) in [5.74, 6) is -0.00370. The molecule has 150 valence electrons. The molecule has 1 unspecified atom stereocenters. The van der Waals surface area contributed by atoms with Crippen molar-refractivity contribution in [3.63, 3.8) is 0 Å². The van der Waals surface area contributed by atoms with Crippen molar-refractivity contribution in [2.45, 2.75) is 24.6 Å². The zero-order valence-corrected chi connectivity index (χ0v) is 15.5. The van der Waals surface area contributed by atoms with Gasteiger partial charge in [0.05, 0.1) is 30.3 Å². The first-order chi connectivity index (χ1) is 13.4. The molecule has 1 aliphatic rings. The van der Waals surface area contributed by atoms with E-state index in [1.165, 1.54) is 19.2 Å². The summed E-state index contributed by atoms with van der Waals surface area (Å²) in [4.78, 5) is 17.7. The summed E-state index contributed by atoms with van der Waals surface area (Å²) >= 11 is 1.13. The highest BCUT2D eigenvalue weighted by molar-refractivity contribution is 7.95. The fourth-order valence-corrected chi connectivity index (χ4v) is 3.11. The second-order valence-electron chi connectivity index (χ2n) is 5.93. The zero-order valence-electron chi connectivity index (χ0n) is 14.7. The van der Waals surface area contributed by atoms with Gasteiger partial charge < -0.3 is 10.1 Å². The maximum atomic E-state index is 12.6. The van der Waals surface area contributed by atoms with Crippen molar-refractivity contribution in [3.8, 4) is 5.75 Å². The van der Waals surface area contributed by atoms with Crippen molar-refractivity contribution >= 4 is 17.9 Å². The van der Waals surface area contributed by atoms with Crippen LogP contribution in [0, 0.1) is 0 Å². The van der Waals surface area contributed by atoms with Gasteiger partial charge in [0.2, 0.25) is 0 Å². The van der Waals surface area contributed by atoms with Crippen molar-refractivity contribution in [2.24, 2.45) is 0 Å². The highest BCUT2D eigenvalue weighted by Crippen LogP contribution is 2.29. The van der Waals surface area contributed by atoms with E-state index in [1.54, 1.807) is 12.1 Å². The number of benzene rings is 2. The third-order valence-corrected chi connectivity index (χ3v) is 4.66. The molecule has 0 saturated carbocycles. The van der Waals surface area contributed by atoms with Crippen LogP contribution in [0.3, 0.4) is 0 Å². The molecule has 0 aliphatic carbocycles. The smallest absolute Gasteiger partial charge is 0.416 e. The van der Waals surface area contributed by atoms with Gasteiger partial charge >= 0.3 is 6.18 Å². The molecule has 6 nitrogen and oxygen atoms in total. The average Bonchev–Trinajstić information content (AvgIpc) is 3.18. The van der Waals surface area contributed by atoms with E-state index >= 15 is 0 Å². The number of methoxy groups -OCH3 is 1. The second-order valence-corrected chi connectivity index (χ2v) is 6.81. The SMILES string of the molecule is COc1ccc(CC2ONOS2)cc1C(=O)NCc1ccc(C(F)(F)F)cc1. The Morgan fingerprint density at radius 1 is 1.21 bits per heavy atom. The Morgan fingerprint density at radius 2 is 1.93 bits per heavy atom. The Morgan fingerprint density at radius 3 is 2.54 bits per heavy atom. The molecule has 28 heavy (non-hydrogen) atoms. The molecule has 10 heteroatoms. The minimum absolute atomic E-state index is 0.0870. The number of nitrogens with one attached hydrogen (secondary N) is 2. The van der Waals surface area contributed by atoms with Crippen LogP contribution in [0.25, 0.3) is 0 Å². The number of rotatable bonds is 6. The Balaban J connectivity index is 1.67. The number of alkyl halides is 3. The molecule has 0 bridgehead atoms. The van der Waals surface area contributed by atoms with Crippen LogP contribution in [0.5, 0.6) is 5.75 Å². The van der Waals surface area contributed by atoms with Gasteiger partial charge in [-0.25, -0.2) is 4.28 Å². The number of amides is 1.